The first-order valence-electron chi connectivity index (χ1n) is 9.03. The van der Waals surface area contributed by atoms with E-state index in [9.17, 15) is 8.78 Å². The van der Waals surface area contributed by atoms with Gasteiger partial charge < -0.3 is 14.5 Å². The summed E-state index contributed by atoms with van der Waals surface area (Å²) in [6.45, 7) is 2.04. The Morgan fingerprint density at radius 3 is 2.82 bits per heavy atom. The van der Waals surface area contributed by atoms with Gasteiger partial charge in [-0.3, -0.25) is 0 Å². The zero-order valence-electron chi connectivity index (χ0n) is 15.3. The van der Waals surface area contributed by atoms with Crippen molar-refractivity contribution in [3.05, 3.63) is 42.4 Å². The molecular formula is C18H20F2N6O2. The Morgan fingerprint density at radius 2 is 2.14 bits per heavy atom. The molecule has 0 aromatic carbocycles. The minimum atomic E-state index is -2.58. The normalized spacial score (nSPS) is 16.8. The van der Waals surface area contributed by atoms with Crippen LogP contribution in [-0.4, -0.2) is 36.7 Å². The minimum absolute atomic E-state index is 0.0786. The average Bonchev–Trinajstić information content (AvgIpc) is 3.33. The molecule has 0 amide bonds. The van der Waals surface area contributed by atoms with E-state index in [0.717, 1.165) is 5.69 Å². The number of nitrogens with one attached hydrogen (secondary N) is 1. The summed E-state index contributed by atoms with van der Waals surface area (Å²) in [5.41, 5.74) is 1.45. The van der Waals surface area contributed by atoms with Crippen molar-refractivity contribution >= 4 is 5.82 Å². The molecule has 10 heteroatoms. The van der Waals surface area contributed by atoms with Crippen LogP contribution in [0, 0.1) is 6.92 Å². The summed E-state index contributed by atoms with van der Waals surface area (Å²) in [5, 5.41) is 7.55. The zero-order chi connectivity index (χ0) is 19.6. The fourth-order valence-electron chi connectivity index (χ4n) is 3.04. The average molecular weight is 390 g/mol. The minimum Gasteiger partial charge on any atom is -0.471 e. The van der Waals surface area contributed by atoms with Crippen LogP contribution in [0.5, 0.6) is 5.88 Å². The third-order valence-electron chi connectivity index (χ3n) is 4.54. The summed E-state index contributed by atoms with van der Waals surface area (Å²) in [7, 11) is 0. The lowest BCUT2D eigenvalue weighted by Crippen LogP contribution is -2.32. The molecule has 1 aliphatic rings. The molecule has 0 aliphatic heterocycles. The first-order valence-corrected chi connectivity index (χ1v) is 9.03. The predicted molar refractivity (Wildman–Crippen MR) is 95.6 cm³/mol. The highest BCUT2D eigenvalue weighted by Crippen LogP contribution is 2.34. The second-order valence-corrected chi connectivity index (χ2v) is 6.84. The van der Waals surface area contributed by atoms with Gasteiger partial charge in [-0.15, -0.1) is 0 Å². The van der Waals surface area contributed by atoms with Gasteiger partial charge in [-0.25, -0.2) is 18.4 Å². The molecule has 0 radical (unpaired) electrons. The van der Waals surface area contributed by atoms with Crippen molar-refractivity contribution in [2.45, 2.75) is 51.2 Å². The number of aryl methyl sites for hydroxylation is 1. The van der Waals surface area contributed by atoms with Crippen molar-refractivity contribution in [2.75, 3.05) is 5.32 Å². The number of hydrogen-bond acceptors (Lipinski definition) is 7. The number of rotatable bonds is 6. The Balaban J connectivity index is 1.54. The molecule has 1 saturated carbocycles. The maximum atomic E-state index is 13.4. The molecule has 1 fully saturated rings. The third kappa shape index (κ3) is 4.44. The number of nitrogens with zero attached hydrogens (tertiary/aromatic N) is 5. The van der Waals surface area contributed by atoms with Gasteiger partial charge >= 0.3 is 0 Å². The quantitative estimate of drug-likeness (QED) is 0.688. The molecule has 0 saturated heterocycles. The monoisotopic (exact) mass is 390 g/mol. The highest BCUT2D eigenvalue weighted by Gasteiger charge is 2.35. The maximum absolute atomic E-state index is 13.4. The molecule has 1 aliphatic carbocycles. The van der Waals surface area contributed by atoms with Gasteiger partial charge in [-0.05, 0) is 25.8 Å². The van der Waals surface area contributed by atoms with E-state index in [1.54, 1.807) is 16.9 Å². The molecule has 8 nitrogen and oxygen atoms in total. The van der Waals surface area contributed by atoms with E-state index in [2.05, 4.69) is 25.4 Å². The van der Waals surface area contributed by atoms with Gasteiger partial charge in [0.05, 0.1) is 5.69 Å². The van der Waals surface area contributed by atoms with Crippen LogP contribution >= 0.6 is 0 Å². The predicted octanol–water partition coefficient (Wildman–Crippen LogP) is 3.53. The summed E-state index contributed by atoms with van der Waals surface area (Å²) < 4.78 is 39.0. The molecule has 4 rings (SSSR count). The van der Waals surface area contributed by atoms with Gasteiger partial charge in [-0.2, -0.15) is 15.1 Å². The maximum Gasteiger partial charge on any atom is 0.255 e. The highest BCUT2D eigenvalue weighted by atomic mass is 19.3. The van der Waals surface area contributed by atoms with Crippen molar-refractivity contribution < 1.29 is 17.9 Å². The van der Waals surface area contributed by atoms with Crippen LogP contribution in [0.1, 0.15) is 37.1 Å². The number of hydrogen-bond donors (Lipinski definition) is 1. The topological polar surface area (TPSA) is 90.9 Å². The molecule has 148 valence electrons. The van der Waals surface area contributed by atoms with Crippen LogP contribution in [0.15, 0.2) is 35.4 Å². The van der Waals surface area contributed by atoms with Gasteiger partial charge in [0.25, 0.3) is 5.95 Å². The fourth-order valence-corrected chi connectivity index (χ4v) is 3.04. The SMILES string of the molecule is Cc1ccn(-c2nc(NC3CCC(F)(F)CC3)cc(OCc3cocn3)n2)n1. The van der Waals surface area contributed by atoms with E-state index in [4.69, 9.17) is 9.15 Å². The number of oxazole rings is 1. The Hall–Kier alpha value is -3.04. The number of aromatic nitrogens is 5. The van der Waals surface area contributed by atoms with E-state index >= 15 is 0 Å². The second-order valence-electron chi connectivity index (χ2n) is 6.84. The summed E-state index contributed by atoms with van der Waals surface area (Å²) in [6, 6.07) is 3.40. The standard InChI is InChI=1S/C18H20F2N6O2/c1-12-4-7-26(25-12)17-23-15(22-13-2-5-18(19,20)6-3-13)8-16(24-17)28-10-14-9-27-11-21-14/h4,7-9,11,13H,2-3,5-6,10H2,1H3,(H,22,23,24). The van der Waals surface area contributed by atoms with Gasteiger partial charge in [0, 0.05) is 31.1 Å². The first-order chi connectivity index (χ1) is 13.5. The Labute approximate surface area is 160 Å². The largest absolute Gasteiger partial charge is 0.471 e. The van der Waals surface area contributed by atoms with Crippen molar-refractivity contribution in [1.82, 2.24) is 24.7 Å². The van der Waals surface area contributed by atoms with Crippen LogP contribution in [0.4, 0.5) is 14.6 Å². The van der Waals surface area contributed by atoms with Crippen LogP contribution in [0.3, 0.4) is 0 Å². The molecule has 28 heavy (non-hydrogen) atoms. The third-order valence-corrected chi connectivity index (χ3v) is 4.54. The van der Waals surface area contributed by atoms with E-state index in [1.165, 1.54) is 12.7 Å². The molecule has 0 bridgehead atoms. The molecule has 0 unspecified atom stereocenters. The molecule has 3 heterocycles. The lowest BCUT2D eigenvalue weighted by atomic mass is 9.92. The van der Waals surface area contributed by atoms with E-state index in [-0.39, 0.29) is 25.5 Å². The van der Waals surface area contributed by atoms with Gasteiger partial charge in [-0.1, -0.05) is 0 Å². The Morgan fingerprint density at radius 1 is 1.32 bits per heavy atom. The molecule has 0 spiro atoms. The summed E-state index contributed by atoms with van der Waals surface area (Å²) in [6.07, 6.45) is 5.05. The van der Waals surface area contributed by atoms with E-state index in [1.807, 2.05) is 13.0 Å². The molecule has 0 atom stereocenters. The highest BCUT2D eigenvalue weighted by molar-refractivity contribution is 5.42. The van der Waals surface area contributed by atoms with Crippen LogP contribution < -0.4 is 10.1 Å². The van der Waals surface area contributed by atoms with E-state index in [0.29, 0.717) is 36.2 Å². The zero-order valence-corrected chi connectivity index (χ0v) is 15.3. The number of ether oxygens (including phenoxy) is 1. The summed E-state index contributed by atoms with van der Waals surface area (Å²) >= 11 is 0. The smallest absolute Gasteiger partial charge is 0.255 e. The van der Waals surface area contributed by atoms with E-state index < -0.39 is 5.92 Å². The second kappa shape index (κ2) is 7.53. The first kappa shape index (κ1) is 18.3. The van der Waals surface area contributed by atoms with Crippen molar-refractivity contribution in [1.29, 1.82) is 0 Å². The fraction of sp³-hybridized carbons (Fsp3) is 0.444. The number of halogens is 2. The summed E-state index contributed by atoms with van der Waals surface area (Å²) in [5.74, 6) is -1.42. The Bertz CT molecular complexity index is 918. The van der Waals surface area contributed by atoms with Gasteiger partial charge in [0.1, 0.15) is 24.4 Å². The van der Waals surface area contributed by atoms with Gasteiger partial charge in [0.2, 0.25) is 11.8 Å². The molecular weight excluding hydrogens is 370 g/mol. The molecule has 1 N–H and O–H groups in total. The molecule has 3 aromatic rings. The lowest BCUT2D eigenvalue weighted by Gasteiger charge is -2.29. The number of alkyl halides is 2. The van der Waals surface area contributed by atoms with Crippen LogP contribution in [0.2, 0.25) is 0 Å². The van der Waals surface area contributed by atoms with Crippen molar-refractivity contribution in [3.63, 3.8) is 0 Å². The van der Waals surface area contributed by atoms with Gasteiger partial charge in [0.15, 0.2) is 6.39 Å². The Kier molecular flexibility index (Phi) is 4.93. The summed E-state index contributed by atoms with van der Waals surface area (Å²) in [4.78, 5) is 12.9. The van der Waals surface area contributed by atoms with Crippen LogP contribution in [-0.2, 0) is 6.61 Å². The number of anilines is 1. The lowest BCUT2D eigenvalue weighted by molar-refractivity contribution is -0.0361. The van der Waals surface area contributed by atoms with Crippen LogP contribution in [0.25, 0.3) is 5.95 Å². The van der Waals surface area contributed by atoms with Crippen molar-refractivity contribution in [2.24, 2.45) is 0 Å². The van der Waals surface area contributed by atoms with Crippen molar-refractivity contribution in [3.8, 4) is 11.8 Å². The molecule has 3 aromatic heterocycles.